The van der Waals surface area contributed by atoms with Gasteiger partial charge in [-0.05, 0) is 18.9 Å². The number of nitro groups is 1. The maximum absolute atomic E-state index is 13.8. The molecule has 0 aromatic heterocycles. The summed E-state index contributed by atoms with van der Waals surface area (Å²) >= 11 is 0. The number of hydrogen-bond donors (Lipinski definition) is 1. The van der Waals surface area contributed by atoms with Crippen molar-refractivity contribution >= 4 is 11.6 Å². The molecule has 114 valence electrons. The molecule has 0 bridgehead atoms. The molecule has 21 heavy (non-hydrogen) atoms. The fourth-order valence-corrected chi connectivity index (χ4v) is 2.27. The van der Waals surface area contributed by atoms with Crippen LogP contribution in [0.1, 0.15) is 12.8 Å². The molecule has 1 aromatic carbocycles. The first kappa shape index (κ1) is 15.2. The zero-order valence-corrected chi connectivity index (χ0v) is 11.3. The van der Waals surface area contributed by atoms with Gasteiger partial charge in [-0.15, -0.1) is 0 Å². The number of nitro benzene ring substituents is 1. The Balaban J connectivity index is 2.04. The number of carbonyl (C=O) groups excluding carboxylic acids is 1. The van der Waals surface area contributed by atoms with Gasteiger partial charge < -0.3 is 15.4 Å². The highest BCUT2D eigenvalue weighted by Gasteiger charge is 2.25. The number of nitrogens with zero attached hydrogens (tertiary/aromatic N) is 2. The summed E-state index contributed by atoms with van der Waals surface area (Å²) in [5, 5.41) is 10.5. The van der Waals surface area contributed by atoms with E-state index in [0.29, 0.717) is 19.5 Å². The molecule has 1 atom stereocenters. The van der Waals surface area contributed by atoms with Crippen LogP contribution in [0.25, 0.3) is 0 Å². The predicted molar refractivity (Wildman–Crippen MR) is 72.3 cm³/mol. The lowest BCUT2D eigenvalue weighted by molar-refractivity contribution is -0.385. The number of likely N-dealkylation sites (tertiary alicyclic amines) is 1. The second-order valence-electron chi connectivity index (χ2n) is 4.80. The van der Waals surface area contributed by atoms with Crippen LogP contribution in [0.5, 0.6) is 5.75 Å². The van der Waals surface area contributed by atoms with Crippen molar-refractivity contribution in [3.8, 4) is 5.75 Å². The van der Waals surface area contributed by atoms with Crippen molar-refractivity contribution in [3.05, 3.63) is 34.1 Å². The monoisotopic (exact) mass is 297 g/mol. The Bertz CT molecular complexity index is 552. The van der Waals surface area contributed by atoms with Crippen LogP contribution in [0.4, 0.5) is 10.1 Å². The Hall–Kier alpha value is -2.22. The molecular weight excluding hydrogens is 281 g/mol. The molecule has 0 aliphatic carbocycles. The minimum Gasteiger partial charge on any atom is -0.486 e. The van der Waals surface area contributed by atoms with Crippen LogP contribution in [0.2, 0.25) is 0 Å². The molecule has 1 amide bonds. The van der Waals surface area contributed by atoms with Gasteiger partial charge in [0.1, 0.15) is 6.10 Å². The number of piperidine rings is 1. The van der Waals surface area contributed by atoms with Crippen LogP contribution in [0.15, 0.2) is 18.2 Å². The minimum atomic E-state index is -0.786. The zero-order valence-electron chi connectivity index (χ0n) is 11.3. The molecule has 1 unspecified atom stereocenters. The summed E-state index contributed by atoms with van der Waals surface area (Å²) in [4.78, 5) is 23.0. The van der Waals surface area contributed by atoms with Gasteiger partial charge in [-0.3, -0.25) is 14.9 Å². The summed E-state index contributed by atoms with van der Waals surface area (Å²) < 4.78 is 19.3. The molecule has 8 heteroatoms. The first-order chi connectivity index (χ1) is 10.0. The molecule has 7 nitrogen and oxygen atoms in total. The smallest absolute Gasteiger partial charge is 0.272 e. The molecule has 0 radical (unpaired) electrons. The first-order valence-corrected chi connectivity index (χ1v) is 6.59. The number of non-ortho nitro benzene ring substituents is 1. The first-order valence-electron chi connectivity index (χ1n) is 6.59. The van der Waals surface area contributed by atoms with Crippen LogP contribution in [-0.2, 0) is 4.79 Å². The van der Waals surface area contributed by atoms with Crippen LogP contribution in [0, 0.1) is 15.9 Å². The average molecular weight is 297 g/mol. The Morgan fingerprint density at radius 3 is 2.95 bits per heavy atom. The van der Waals surface area contributed by atoms with Crippen molar-refractivity contribution in [1.29, 1.82) is 0 Å². The molecule has 1 saturated heterocycles. The number of amides is 1. The van der Waals surface area contributed by atoms with Gasteiger partial charge in [-0.1, -0.05) is 0 Å². The number of halogens is 1. The Labute approximate surface area is 120 Å². The normalized spacial score (nSPS) is 18.4. The van der Waals surface area contributed by atoms with Crippen LogP contribution in [-0.4, -0.2) is 41.5 Å². The van der Waals surface area contributed by atoms with Gasteiger partial charge in [-0.25, -0.2) is 4.39 Å². The van der Waals surface area contributed by atoms with Gasteiger partial charge in [0.05, 0.1) is 24.1 Å². The van der Waals surface area contributed by atoms with E-state index < -0.39 is 10.7 Å². The maximum Gasteiger partial charge on any atom is 0.272 e. The van der Waals surface area contributed by atoms with E-state index in [1.807, 2.05) is 0 Å². The molecule has 0 spiro atoms. The van der Waals surface area contributed by atoms with Crippen LogP contribution in [0.3, 0.4) is 0 Å². The highest BCUT2D eigenvalue weighted by Crippen LogP contribution is 2.25. The standard InChI is InChI=1S/C13H16FN3O4/c14-11-6-9(17(19)20)3-4-12(11)21-10-2-1-5-16(8-10)13(18)7-15/h3-4,6,10H,1-2,5,7-8,15H2. The van der Waals surface area contributed by atoms with E-state index in [2.05, 4.69) is 0 Å². The Morgan fingerprint density at radius 1 is 1.57 bits per heavy atom. The van der Waals surface area contributed by atoms with Crippen molar-refractivity contribution in [3.63, 3.8) is 0 Å². The number of carbonyl (C=O) groups is 1. The SMILES string of the molecule is NCC(=O)N1CCCC(Oc2ccc([N+](=O)[O-])cc2F)C1. The molecule has 1 fully saturated rings. The van der Waals surface area contributed by atoms with Gasteiger partial charge >= 0.3 is 0 Å². The predicted octanol–water partition coefficient (Wildman–Crippen LogP) is 1.06. The fraction of sp³-hybridized carbons (Fsp3) is 0.462. The Kier molecular flexibility index (Phi) is 4.69. The molecule has 0 saturated carbocycles. The molecule has 2 N–H and O–H groups in total. The summed E-state index contributed by atoms with van der Waals surface area (Å²) in [6.07, 6.45) is 1.08. The third kappa shape index (κ3) is 3.66. The number of rotatable bonds is 4. The van der Waals surface area contributed by atoms with Crippen molar-refractivity contribution in [2.75, 3.05) is 19.6 Å². The van der Waals surface area contributed by atoms with E-state index in [1.54, 1.807) is 4.90 Å². The van der Waals surface area contributed by atoms with Crippen molar-refractivity contribution in [2.24, 2.45) is 5.73 Å². The van der Waals surface area contributed by atoms with Crippen molar-refractivity contribution in [1.82, 2.24) is 4.90 Å². The number of ether oxygens (including phenoxy) is 1. The maximum atomic E-state index is 13.8. The third-order valence-corrected chi connectivity index (χ3v) is 3.33. The highest BCUT2D eigenvalue weighted by molar-refractivity contribution is 5.78. The molecule has 1 aliphatic heterocycles. The number of nitrogens with two attached hydrogens (primary N) is 1. The van der Waals surface area contributed by atoms with E-state index in [9.17, 15) is 19.3 Å². The second kappa shape index (κ2) is 6.49. The van der Waals surface area contributed by atoms with Gasteiger partial charge in [0, 0.05) is 12.6 Å². The minimum absolute atomic E-state index is 0.0485. The highest BCUT2D eigenvalue weighted by atomic mass is 19.1. The lowest BCUT2D eigenvalue weighted by atomic mass is 10.1. The molecule has 1 aromatic rings. The summed E-state index contributed by atoms with van der Waals surface area (Å²) in [6, 6.07) is 3.24. The number of benzene rings is 1. The summed E-state index contributed by atoms with van der Waals surface area (Å²) in [5.41, 5.74) is 4.98. The largest absolute Gasteiger partial charge is 0.486 e. The summed E-state index contributed by atoms with van der Waals surface area (Å²) in [7, 11) is 0. The van der Waals surface area contributed by atoms with Crippen molar-refractivity contribution < 1.29 is 18.8 Å². The van der Waals surface area contributed by atoms with Crippen LogP contribution < -0.4 is 10.5 Å². The third-order valence-electron chi connectivity index (χ3n) is 3.33. The second-order valence-corrected chi connectivity index (χ2v) is 4.80. The summed E-state index contributed by atoms with van der Waals surface area (Å²) in [5.74, 6) is -1.01. The topological polar surface area (TPSA) is 98.7 Å². The molecule has 1 aliphatic rings. The fourth-order valence-electron chi connectivity index (χ4n) is 2.27. The van der Waals surface area contributed by atoms with Gasteiger partial charge in [-0.2, -0.15) is 0 Å². The van der Waals surface area contributed by atoms with Gasteiger partial charge in [0.2, 0.25) is 5.91 Å². The Morgan fingerprint density at radius 2 is 2.33 bits per heavy atom. The van der Waals surface area contributed by atoms with E-state index in [-0.39, 0.29) is 30.0 Å². The quantitative estimate of drug-likeness (QED) is 0.662. The lowest BCUT2D eigenvalue weighted by Gasteiger charge is -2.32. The molecular formula is C13H16FN3O4. The van der Waals surface area contributed by atoms with Gasteiger partial charge in [0.15, 0.2) is 11.6 Å². The van der Waals surface area contributed by atoms with Gasteiger partial charge in [0.25, 0.3) is 5.69 Å². The zero-order chi connectivity index (χ0) is 15.4. The summed E-state index contributed by atoms with van der Waals surface area (Å²) in [6.45, 7) is 0.879. The van der Waals surface area contributed by atoms with Crippen molar-refractivity contribution in [2.45, 2.75) is 18.9 Å². The average Bonchev–Trinajstić information content (AvgIpc) is 2.48. The van der Waals surface area contributed by atoms with E-state index >= 15 is 0 Å². The lowest BCUT2D eigenvalue weighted by Crippen LogP contribution is -2.46. The van der Waals surface area contributed by atoms with Crippen LogP contribution >= 0.6 is 0 Å². The van der Waals surface area contributed by atoms with E-state index in [4.69, 9.17) is 10.5 Å². The van der Waals surface area contributed by atoms with E-state index in [0.717, 1.165) is 12.5 Å². The molecule has 1 heterocycles. The molecule has 2 rings (SSSR count). The van der Waals surface area contributed by atoms with E-state index in [1.165, 1.54) is 12.1 Å². The number of hydrogen-bond acceptors (Lipinski definition) is 5.